The number of hydrogen-bond donors (Lipinski definition) is 2. The van der Waals surface area contributed by atoms with E-state index in [0.717, 1.165) is 42.3 Å². The Morgan fingerprint density at radius 1 is 1.05 bits per heavy atom. The summed E-state index contributed by atoms with van der Waals surface area (Å²) in [6.45, 7) is 1.97. The lowest BCUT2D eigenvalue weighted by Crippen LogP contribution is -2.42. The van der Waals surface area contributed by atoms with E-state index in [1.165, 1.54) is 0 Å². The molecule has 2 aromatic rings. The first-order valence-electron chi connectivity index (χ1n) is 6.84. The van der Waals surface area contributed by atoms with Gasteiger partial charge in [-0.15, -0.1) is 12.4 Å². The number of hydrogen-bond acceptors (Lipinski definition) is 2. The number of rotatable bonds is 2. The Balaban J connectivity index is 0.00000147. The van der Waals surface area contributed by atoms with Crippen molar-refractivity contribution >= 4 is 29.1 Å². The lowest BCUT2D eigenvalue weighted by molar-refractivity contribution is 0.0931. The second kappa shape index (κ2) is 6.73. The van der Waals surface area contributed by atoms with Gasteiger partial charge >= 0.3 is 0 Å². The molecule has 20 heavy (non-hydrogen) atoms. The maximum Gasteiger partial charge on any atom is 0.252 e. The van der Waals surface area contributed by atoms with Crippen molar-refractivity contribution in [2.24, 2.45) is 0 Å². The van der Waals surface area contributed by atoms with Gasteiger partial charge in [-0.25, -0.2) is 0 Å². The van der Waals surface area contributed by atoms with E-state index < -0.39 is 0 Å². The van der Waals surface area contributed by atoms with Gasteiger partial charge in [-0.2, -0.15) is 0 Å². The molecule has 0 radical (unpaired) electrons. The summed E-state index contributed by atoms with van der Waals surface area (Å²) >= 11 is 0. The molecule has 4 heteroatoms. The van der Waals surface area contributed by atoms with Crippen molar-refractivity contribution in [1.82, 2.24) is 10.6 Å². The van der Waals surface area contributed by atoms with Crippen LogP contribution in [0.3, 0.4) is 0 Å². The average molecular weight is 291 g/mol. The van der Waals surface area contributed by atoms with Crippen molar-refractivity contribution in [1.29, 1.82) is 0 Å². The predicted octanol–water partition coefficient (Wildman–Crippen LogP) is 2.74. The molecule has 1 saturated heterocycles. The monoisotopic (exact) mass is 290 g/mol. The molecule has 1 amide bonds. The highest BCUT2D eigenvalue weighted by atomic mass is 35.5. The normalized spacial score (nSPS) is 15.6. The maximum atomic E-state index is 12.4. The third kappa shape index (κ3) is 3.11. The number of fused-ring (bicyclic) bond motifs is 1. The Labute approximate surface area is 125 Å². The van der Waals surface area contributed by atoms with E-state index in [1.54, 1.807) is 0 Å². The smallest absolute Gasteiger partial charge is 0.252 e. The fourth-order valence-electron chi connectivity index (χ4n) is 2.65. The first kappa shape index (κ1) is 14.8. The molecule has 0 spiro atoms. The standard InChI is InChI=1S/C16H18N2O.ClH/c19-16(18-13-8-10-17-11-9-13)15-7-3-5-12-4-1-2-6-14(12)15;/h1-7,13,17H,8-11H2,(H,18,19);1H. The molecule has 0 atom stereocenters. The number of nitrogens with one attached hydrogen (secondary N) is 2. The van der Waals surface area contributed by atoms with Crippen LogP contribution in [-0.2, 0) is 0 Å². The lowest BCUT2D eigenvalue weighted by atomic mass is 10.0. The van der Waals surface area contributed by atoms with E-state index in [4.69, 9.17) is 0 Å². The van der Waals surface area contributed by atoms with E-state index in [0.29, 0.717) is 6.04 Å². The van der Waals surface area contributed by atoms with Crippen molar-refractivity contribution in [2.75, 3.05) is 13.1 Å². The first-order valence-corrected chi connectivity index (χ1v) is 6.84. The van der Waals surface area contributed by atoms with Gasteiger partial charge < -0.3 is 10.6 Å². The molecule has 0 saturated carbocycles. The summed E-state index contributed by atoms with van der Waals surface area (Å²) in [5, 5.41) is 8.59. The minimum absolute atomic E-state index is 0. The Morgan fingerprint density at radius 3 is 2.55 bits per heavy atom. The number of carbonyl (C=O) groups excluding carboxylic acids is 1. The topological polar surface area (TPSA) is 41.1 Å². The molecule has 3 rings (SSSR count). The van der Waals surface area contributed by atoms with Crippen LogP contribution >= 0.6 is 12.4 Å². The van der Waals surface area contributed by atoms with Crippen molar-refractivity contribution < 1.29 is 4.79 Å². The Morgan fingerprint density at radius 2 is 1.75 bits per heavy atom. The Hall–Kier alpha value is -1.58. The molecule has 106 valence electrons. The van der Waals surface area contributed by atoms with Crippen LogP contribution in [0, 0.1) is 0 Å². The van der Waals surface area contributed by atoms with Gasteiger partial charge in [0.1, 0.15) is 0 Å². The van der Waals surface area contributed by atoms with Crippen LogP contribution in [0.25, 0.3) is 10.8 Å². The van der Waals surface area contributed by atoms with Crippen LogP contribution in [0.2, 0.25) is 0 Å². The van der Waals surface area contributed by atoms with Crippen LogP contribution in [0.1, 0.15) is 23.2 Å². The summed E-state index contributed by atoms with van der Waals surface area (Å²) in [5.41, 5.74) is 0.775. The fourth-order valence-corrected chi connectivity index (χ4v) is 2.65. The summed E-state index contributed by atoms with van der Waals surface area (Å²) < 4.78 is 0. The molecule has 1 aliphatic heterocycles. The Bertz CT molecular complexity index is 589. The molecule has 0 unspecified atom stereocenters. The highest BCUT2D eigenvalue weighted by Crippen LogP contribution is 2.18. The van der Waals surface area contributed by atoms with E-state index in [2.05, 4.69) is 10.6 Å². The minimum atomic E-state index is 0. The maximum absolute atomic E-state index is 12.4. The predicted molar refractivity (Wildman–Crippen MR) is 84.6 cm³/mol. The first-order chi connectivity index (χ1) is 9.34. The van der Waals surface area contributed by atoms with Gasteiger partial charge in [-0.05, 0) is 42.8 Å². The zero-order chi connectivity index (χ0) is 13.1. The lowest BCUT2D eigenvalue weighted by Gasteiger charge is -2.23. The van der Waals surface area contributed by atoms with E-state index in [-0.39, 0.29) is 18.3 Å². The molecule has 0 bridgehead atoms. The summed E-state index contributed by atoms with van der Waals surface area (Å²) in [5.74, 6) is 0.0451. The van der Waals surface area contributed by atoms with Crippen LogP contribution in [0.5, 0.6) is 0 Å². The van der Waals surface area contributed by atoms with Gasteiger partial charge in [0.15, 0.2) is 0 Å². The summed E-state index contributed by atoms with van der Waals surface area (Å²) in [7, 11) is 0. The number of benzene rings is 2. The molecule has 1 fully saturated rings. The molecule has 0 aromatic heterocycles. The molecule has 1 heterocycles. The molecule has 0 aliphatic carbocycles. The van der Waals surface area contributed by atoms with Crippen LogP contribution in [0.4, 0.5) is 0 Å². The van der Waals surface area contributed by atoms with E-state index in [9.17, 15) is 4.79 Å². The van der Waals surface area contributed by atoms with Crippen molar-refractivity contribution in [3.8, 4) is 0 Å². The van der Waals surface area contributed by atoms with Gasteiger partial charge in [-0.1, -0.05) is 36.4 Å². The van der Waals surface area contributed by atoms with E-state index in [1.807, 2.05) is 42.5 Å². The van der Waals surface area contributed by atoms with Crippen LogP contribution < -0.4 is 10.6 Å². The Kier molecular flexibility index (Phi) is 4.99. The van der Waals surface area contributed by atoms with Gasteiger partial charge in [0.25, 0.3) is 5.91 Å². The molecule has 3 nitrogen and oxygen atoms in total. The highest BCUT2D eigenvalue weighted by molar-refractivity contribution is 6.07. The SMILES string of the molecule is Cl.O=C(NC1CCNCC1)c1cccc2ccccc12. The fraction of sp³-hybridized carbons (Fsp3) is 0.312. The molecular weight excluding hydrogens is 272 g/mol. The van der Waals surface area contributed by atoms with Crippen molar-refractivity contribution in [3.63, 3.8) is 0 Å². The zero-order valence-corrected chi connectivity index (χ0v) is 12.1. The van der Waals surface area contributed by atoms with Crippen molar-refractivity contribution in [2.45, 2.75) is 18.9 Å². The van der Waals surface area contributed by atoms with Gasteiger partial charge in [-0.3, -0.25) is 4.79 Å². The quantitative estimate of drug-likeness (QED) is 0.893. The van der Waals surface area contributed by atoms with Crippen LogP contribution in [-0.4, -0.2) is 25.0 Å². The number of carbonyl (C=O) groups is 1. The molecular formula is C16H19ClN2O. The van der Waals surface area contributed by atoms with E-state index >= 15 is 0 Å². The number of piperidine rings is 1. The van der Waals surface area contributed by atoms with Crippen molar-refractivity contribution in [3.05, 3.63) is 48.0 Å². The number of amides is 1. The van der Waals surface area contributed by atoms with Gasteiger partial charge in [0.2, 0.25) is 0 Å². The second-order valence-corrected chi connectivity index (χ2v) is 5.02. The third-order valence-corrected chi connectivity index (χ3v) is 3.71. The van der Waals surface area contributed by atoms with Gasteiger partial charge in [0.05, 0.1) is 0 Å². The summed E-state index contributed by atoms with van der Waals surface area (Å²) in [4.78, 5) is 12.4. The molecule has 1 aliphatic rings. The summed E-state index contributed by atoms with van der Waals surface area (Å²) in [6.07, 6.45) is 2.02. The number of halogens is 1. The third-order valence-electron chi connectivity index (χ3n) is 3.71. The second-order valence-electron chi connectivity index (χ2n) is 5.02. The highest BCUT2D eigenvalue weighted by Gasteiger charge is 2.17. The average Bonchev–Trinajstić information content (AvgIpc) is 2.47. The minimum Gasteiger partial charge on any atom is -0.349 e. The van der Waals surface area contributed by atoms with Crippen LogP contribution in [0.15, 0.2) is 42.5 Å². The molecule has 2 N–H and O–H groups in total. The largest absolute Gasteiger partial charge is 0.349 e. The van der Waals surface area contributed by atoms with Gasteiger partial charge in [0, 0.05) is 11.6 Å². The summed E-state index contributed by atoms with van der Waals surface area (Å²) in [6, 6.07) is 14.2. The molecule has 2 aromatic carbocycles. The zero-order valence-electron chi connectivity index (χ0n) is 11.3.